The van der Waals surface area contributed by atoms with Gasteiger partial charge in [0.05, 0.1) is 4.90 Å². The molecule has 0 amide bonds. The lowest BCUT2D eigenvalue weighted by atomic mass is 10.1. The van der Waals surface area contributed by atoms with E-state index in [0.29, 0.717) is 6.42 Å². The molecule has 2 aromatic carbocycles. The van der Waals surface area contributed by atoms with Crippen LogP contribution in [0.2, 0.25) is 0 Å². The first-order chi connectivity index (χ1) is 11.0. The summed E-state index contributed by atoms with van der Waals surface area (Å²) < 4.78 is 40.0. The highest BCUT2D eigenvalue weighted by Gasteiger charge is 2.14. The quantitative estimate of drug-likeness (QED) is 0.754. The van der Waals surface area contributed by atoms with Gasteiger partial charge >= 0.3 is 0 Å². The summed E-state index contributed by atoms with van der Waals surface area (Å²) in [7, 11) is -3.70. The van der Waals surface area contributed by atoms with Crippen LogP contribution in [-0.2, 0) is 16.4 Å². The first-order valence-electron chi connectivity index (χ1n) is 7.27. The molecule has 6 heteroatoms. The summed E-state index contributed by atoms with van der Waals surface area (Å²) in [6.07, 6.45) is 2.44. The minimum absolute atomic E-state index is 0.0627. The van der Waals surface area contributed by atoms with Crippen LogP contribution in [0.5, 0.6) is 0 Å². The Morgan fingerprint density at radius 3 is 2.78 bits per heavy atom. The molecule has 0 fully saturated rings. The van der Waals surface area contributed by atoms with Gasteiger partial charge in [-0.15, -0.1) is 0 Å². The Bertz CT molecular complexity index is 948. The van der Waals surface area contributed by atoms with Gasteiger partial charge in [-0.2, -0.15) is 0 Å². The van der Waals surface area contributed by atoms with Crippen LogP contribution in [0.25, 0.3) is 10.9 Å². The minimum atomic E-state index is -3.70. The van der Waals surface area contributed by atoms with E-state index < -0.39 is 15.8 Å². The topological polar surface area (TPSA) is 62.0 Å². The number of sulfonamides is 1. The van der Waals surface area contributed by atoms with E-state index in [1.807, 2.05) is 25.3 Å². The van der Waals surface area contributed by atoms with Gasteiger partial charge in [-0.25, -0.2) is 17.5 Å². The van der Waals surface area contributed by atoms with E-state index in [1.54, 1.807) is 0 Å². The number of hydrogen-bond acceptors (Lipinski definition) is 2. The highest BCUT2D eigenvalue weighted by atomic mass is 32.2. The highest BCUT2D eigenvalue weighted by molar-refractivity contribution is 7.89. The fraction of sp³-hybridized carbons (Fsp3) is 0.176. The number of aromatic nitrogens is 1. The standard InChI is InChI=1S/C17H17FN2O2S/c1-12-5-6-17-16(9-12)13(11-19-17)7-8-20-23(21,22)15-4-2-3-14(18)10-15/h2-6,9-11,19-20H,7-8H2,1H3. The number of benzene rings is 2. The largest absolute Gasteiger partial charge is 0.361 e. The predicted octanol–water partition coefficient (Wildman–Crippen LogP) is 3.14. The van der Waals surface area contributed by atoms with Crippen molar-refractivity contribution < 1.29 is 12.8 Å². The van der Waals surface area contributed by atoms with Crippen molar-refractivity contribution in [3.63, 3.8) is 0 Å². The fourth-order valence-corrected chi connectivity index (χ4v) is 3.60. The van der Waals surface area contributed by atoms with Crippen molar-refractivity contribution in [1.82, 2.24) is 9.71 Å². The number of halogens is 1. The van der Waals surface area contributed by atoms with E-state index in [1.165, 1.54) is 18.2 Å². The van der Waals surface area contributed by atoms with Crippen molar-refractivity contribution >= 4 is 20.9 Å². The number of aryl methyl sites for hydroxylation is 1. The molecular formula is C17H17FN2O2S. The first kappa shape index (κ1) is 15.7. The Kier molecular flexibility index (Phi) is 4.19. The van der Waals surface area contributed by atoms with E-state index in [4.69, 9.17) is 0 Å². The van der Waals surface area contributed by atoms with Crippen molar-refractivity contribution in [1.29, 1.82) is 0 Å². The summed E-state index contributed by atoms with van der Waals surface area (Å²) in [6, 6.07) is 11.1. The van der Waals surface area contributed by atoms with E-state index in [0.717, 1.165) is 28.1 Å². The number of hydrogen-bond donors (Lipinski definition) is 2. The van der Waals surface area contributed by atoms with E-state index >= 15 is 0 Å². The average Bonchev–Trinajstić information content (AvgIpc) is 2.90. The predicted molar refractivity (Wildman–Crippen MR) is 88.3 cm³/mol. The molecule has 1 heterocycles. The van der Waals surface area contributed by atoms with Gasteiger partial charge in [0, 0.05) is 23.6 Å². The van der Waals surface area contributed by atoms with Crippen LogP contribution in [-0.4, -0.2) is 19.9 Å². The Hall–Kier alpha value is -2.18. The second kappa shape index (κ2) is 6.14. The number of aromatic amines is 1. The van der Waals surface area contributed by atoms with Gasteiger partial charge in [0.2, 0.25) is 10.0 Å². The molecule has 0 bridgehead atoms. The highest BCUT2D eigenvalue weighted by Crippen LogP contribution is 2.20. The molecule has 0 spiro atoms. The molecule has 0 aliphatic carbocycles. The van der Waals surface area contributed by atoms with Gasteiger partial charge in [-0.3, -0.25) is 0 Å². The molecule has 0 aliphatic rings. The van der Waals surface area contributed by atoms with Crippen molar-refractivity contribution in [3.05, 3.63) is 65.6 Å². The number of nitrogens with one attached hydrogen (secondary N) is 2. The molecule has 1 aromatic heterocycles. The molecular weight excluding hydrogens is 315 g/mol. The summed E-state index contributed by atoms with van der Waals surface area (Å²) in [5.41, 5.74) is 3.22. The number of rotatable bonds is 5. The summed E-state index contributed by atoms with van der Waals surface area (Å²) in [5, 5.41) is 1.09. The fourth-order valence-electron chi connectivity index (χ4n) is 2.54. The molecule has 120 valence electrons. The minimum Gasteiger partial charge on any atom is -0.361 e. The SMILES string of the molecule is Cc1ccc2[nH]cc(CCNS(=O)(=O)c3cccc(F)c3)c2c1. The number of fused-ring (bicyclic) bond motifs is 1. The lowest BCUT2D eigenvalue weighted by molar-refractivity contribution is 0.578. The Morgan fingerprint density at radius 2 is 2.00 bits per heavy atom. The van der Waals surface area contributed by atoms with E-state index in [2.05, 4.69) is 15.8 Å². The van der Waals surface area contributed by atoms with Crippen LogP contribution in [0, 0.1) is 12.7 Å². The normalized spacial score (nSPS) is 11.9. The molecule has 0 aliphatic heterocycles. The van der Waals surface area contributed by atoms with E-state index in [-0.39, 0.29) is 11.4 Å². The average molecular weight is 332 g/mol. The maximum atomic E-state index is 13.2. The van der Waals surface area contributed by atoms with Crippen LogP contribution in [0.1, 0.15) is 11.1 Å². The lowest BCUT2D eigenvalue weighted by Gasteiger charge is -2.06. The third kappa shape index (κ3) is 3.43. The summed E-state index contributed by atoms with van der Waals surface area (Å²) in [5.74, 6) is -0.569. The molecule has 0 atom stereocenters. The van der Waals surface area contributed by atoms with Crippen LogP contribution >= 0.6 is 0 Å². The monoisotopic (exact) mass is 332 g/mol. The Balaban J connectivity index is 1.72. The van der Waals surface area contributed by atoms with Crippen molar-refractivity contribution in [2.75, 3.05) is 6.54 Å². The summed E-state index contributed by atoms with van der Waals surface area (Å²) in [4.78, 5) is 3.11. The second-order valence-corrected chi connectivity index (χ2v) is 7.24. The number of H-pyrrole nitrogens is 1. The molecule has 3 aromatic rings. The van der Waals surface area contributed by atoms with Crippen molar-refractivity contribution in [3.8, 4) is 0 Å². The maximum absolute atomic E-state index is 13.2. The lowest BCUT2D eigenvalue weighted by Crippen LogP contribution is -2.26. The third-order valence-corrected chi connectivity index (χ3v) is 5.17. The zero-order valence-electron chi connectivity index (χ0n) is 12.6. The van der Waals surface area contributed by atoms with Crippen LogP contribution in [0.4, 0.5) is 4.39 Å². The molecule has 0 saturated carbocycles. The van der Waals surface area contributed by atoms with Crippen LogP contribution in [0.3, 0.4) is 0 Å². The van der Waals surface area contributed by atoms with Gasteiger partial charge in [-0.1, -0.05) is 17.7 Å². The zero-order valence-corrected chi connectivity index (χ0v) is 13.5. The van der Waals surface area contributed by atoms with Gasteiger partial charge in [0.25, 0.3) is 0 Å². The van der Waals surface area contributed by atoms with Gasteiger partial charge in [-0.05, 0) is 49.2 Å². The molecule has 3 rings (SSSR count). The van der Waals surface area contributed by atoms with Gasteiger partial charge < -0.3 is 4.98 Å². The Morgan fingerprint density at radius 1 is 1.17 bits per heavy atom. The summed E-state index contributed by atoms with van der Waals surface area (Å²) in [6.45, 7) is 2.27. The van der Waals surface area contributed by atoms with Crippen molar-refractivity contribution in [2.45, 2.75) is 18.2 Å². The van der Waals surface area contributed by atoms with Gasteiger partial charge in [0.15, 0.2) is 0 Å². The zero-order chi connectivity index (χ0) is 16.4. The Labute approximate surface area is 134 Å². The molecule has 0 radical (unpaired) electrons. The molecule has 2 N–H and O–H groups in total. The van der Waals surface area contributed by atoms with Crippen molar-refractivity contribution in [2.24, 2.45) is 0 Å². The molecule has 0 unspecified atom stereocenters. The summed E-state index contributed by atoms with van der Waals surface area (Å²) >= 11 is 0. The smallest absolute Gasteiger partial charge is 0.240 e. The van der Waals surface area contributed by atoms with Crippen LogP contribution in [0.15, 0.2) is 53.6 Å². The first-order valence-corrected chi connectivity index (χ1v) is 8.76. The van der Waals surface area contributed by atoms with Gasteiger partial charge in [0.1, 0.15) is 5.82 Å². The third-order valence-electron chi connectivity index (χ3n) is 3.72. The molecule has 0 saturated heterocycles. The maximum Gasteiger partial charge on any atom is 0.240 e. The second-order valence-electron chi connectivity index (χ2n) is 5.47. The van der Waals surface area contributed by atoms with Crippen LogP contribution < -0.4 is 4.72 Å². The van der Waals surface area contributed by atoms with E-state index in [9.17, 15) is 12.8 Å². The molecule has 4 nitrogen and oxygen atoms in total. The molecule has 23 heavy (non-hydrogen) atoms.